The minimum atomic E-state index is -1.27. The smallest absolute Gasteiger partial charge is 0.326 e. The van der Waals surface area contributed by atoms with Crippen molar-refractivity contribution in [2.75, 3.05) is 33.7 Å². The molecule has 1 aliphatic rings. The van der Waals surface area contributed by atoms with E-state index in [9.17, 15) is 14.4 Å². The molecular formula is C13H24N4O4. The van der Waals surface area contributed by atoms with Crippen LogP contribution in [0.3, 0.4) is 0 Å². The molecule has 0 bridgehead atoms. The first-order chi connectivity index (χ1) is 9.79. The van der Waals surface area contributed by atoms with Gasteiger partial charge in [0, 0.05) is 19.6 Å². The van der Waals surface area contributed by atoms with Gasteiger partial charge in [0.25, 0.3) is 0 Å². The second-order valence-corrected chi connectivity index (χ2v) is 5.70. The first-order valence-corrected chi connectivity index (χ1v) is 7.01. The Hall–Kier alpha value is -1.83. The fourth-order valence-electron chi connectivity index (χ4n) is 2.48. The number of primary amides is 1. The number of carbonyl (C=O) groups excluding carboxylic acids is 2. The Morgan fingerprint density at radius 2 is 1.90 bits per heavy atom. The number of likely N-dealkylation sites (tertiary alicyclic amines) is 1. The molecule has 21 heavy (non-hydrogen) atoms. The number of hydrogen-bond acceptors (Lipinski definition) is 4. The van der Waals surface area contributed by atoms with Crippen LogP contribution < -0.4 is 11.1 Å². The second-order valence-electron chi connectivity index (χ2n) is 5.70. The standard InChI is InChI=1S/C13H24N4O4/c1-16(2)8-9-3-5-17(6-4-9)13(21)15-10(12(19)20)7-11(14)18/h9-10H,3-8H2,1-2H3,(H2,14,18)(H,15,21)(H,19,20). The highest BCUT2D eigenvalue weighted by molar-refractivity contribution is 5.87. The van der Waals surface area contributed by atoms with E-state index in [4.69, 9.17) is 10.8 Å². The number of carbonyl (C=O) groups is 3. The number of nitrogens with two attached hydrogens (primary N) is 1. The molecule has 0 spiro atoms. The minimum Gasteiger partial charge on any atom is -0.480 e. The molecule has 0 aliphatic carbocycles. The van der Waals surface area contributed by atoms with Gasteiger partial charge in [-0.1, -0.05) is 0 Å². The molecule has 120 valence electrons. The van der Waals surface area contributed by atoms with Crippen molar-refractivity contribution in [2.24, 2.45) is 11.7 Å². The lowest BCUT2D eigenvalue weighted by Crippen LogP contribution is -2.51. The lowest BCUT2D eigenvalue weighted by molar-refractivity contribution is -0.141. The summed E-state index contributed by atoms with van der Waals surface area (Å²) in [5, 5.41) is 11.3. The van der Waals surface area contributed by atoms with Gasteiger partial charge in [0.05, 0.1) is 6.42 Å². The third-order valence-electron chi connectivity index (χ3n) is 3.53. The molecule has 0 aromatic carbocycles. The monoisotopic (exact) mass is 300 g/mol. The number of carboxylic acids is 1. The molecule has 0 radical (unpaired) electrons. The maximum atomic E-state index is 12.0. The number of carboxylic acid groups (broad SMARTS) is 1. The molecule has 4 N–H and O–H groups in total. The highest BCUT2D eigenvalue weighted by atomic mass is 16.4. The Morgan fingerprint density at radius 1 is 1.33 bits per heavy atom. The summed E-state index contributed by atoms with van der Waals surface area (Å²) in [6, 6.07) is -1.72. The van der Waals surface area contributed by atoms with Crippen LogP contribution in [-0.4, -0.2) is 72.6 Å². The zero-order valence-corrected chi connectivity index (χ0v) is 12.5. The molecule has 8 nitrogen and oxygen atoms in total. The number of nitrogens with zero attached hydrogens (tertiary/aromatic N) is 2. The summed E-state index contributed by atoms with van der Waals surface area (Å²) in [6.07, 6.45) is 1.37. The molecule has 1 heterocycles. The van der Waals surface area contributed by atoms with E-state index in [1.54, 1.807) is 4.90 Å². The normalized spacial score (nSPS) is 17.6. The SMILES string of the molecule is CN(C)CC1CCN(C(=O)NC(CC(N)=O)C(=O)O)CC1. The molecule has 1 unspecified atom stereocenters. The average Bonchev–Trinajstić information content (AvgIpc) is 2.37. The lowest BCUT2D eigenvalue weighted by atomic mass is 9.96. The predicted octanol–water partition coefficient (Wildman–Crippen LogP) is -0.702. The molecule has 8 heteroatoms. The van der Waals surface area contributed by atoms with Crippen LogP contribution in [0.1, 0.15) is 19.3 Å². The molecule has 1 fully saturated rings. The van der Waals surface area contributed by atoms with Crippen LogP contribution in [0.25, 0.3) is 0 Å². The molecule has 0 saturated carbocycles. The lowest BCUT2D eigenvalue weighted by Gasteiger charge is -2.33. The summed E-state index contributed by atoms with van der Waals surface area (Å²) in [7, 11) is 4.03. The molecule has 0 aromatic rings. The number of nitrogens with one attached hydrogen (secondary N) is 1. The minimum absolute atomic E-state index is 0.405. The zero-order chi connectivity index (χ0) is 16.0. The van der Waals surface area contributed by atoms with Crippen molar-refractivity contribution >= 4 is 17.9 Å². The third kappa shape index (κ3) is 5.99. The number of urea groups is 1. The summed E-state index contributed by atoms with van der Waals surface area (Å²) < 4.78 is 0. The van der Waals surface area contributed by atoms with Crippen LogP contribution in [-0.2, 0) is 9.59 Å². The van der Waals surface area contributed by atoms with Crippen LogP contribution in [0, 0.1) is 5.92 Å². The van der Waals surface area contributed by atoms with Gasteiger partial charge >= 0.3 is 12.0 Å². The summed E-state index contributed by atoms with van der Waals surface area (Å²) in [5.41, 5.74) is 4.98. The van der Waals surface area contributed by atoms with Crippen LogP contribution in [0.4, 0.5) is 4.79 Å². The molecule has 0 aromatic heterocycles. The van der Waals surface area contributed by atoms with Crippen molar-refractivity contribution in [3.05, 3.63) is 0 Å². The van der Waals surface area contributed by atoms with Gasteiger partial charge < -0.3 is 26.0 Å². The van der Waals surface area contributed by atoms with Gasteiger partial charge in [-0.3, -0.25) is 4.79 Å². The molecule has 1 aliphatic heterocycles. The summed E-state index contributed by atoms with van der Waals surface area (Å²) in [4.78, 5) is 37.5. The third-order valence-corrected chi connectivity index (χ3v) is 3.53. The zero-order valence-electron chi connectivity index (χ0n) is 12.5. The van der Waals surface area contributed by atoms with E-state index < -0.39 is 30.4 Å². The van der Waals surface area contributed by atoms with Gasteiger partial charge in [-0.15, -0.1) is 0 Å². The van der Waals surface area contributed by atoms with Crippen molar-refractivity contribution < 1.29 is 19.5 Å². The maximum absolute atomic E-state index is 12.0. The Labute approximate surface area is 124 Å². The Morgan fingerprint density at radius 3 is 2.33 bits per heavy atom. The summed E-state index contributed by atoms with van der Waals surface area (Å²) in [6.45, 7) is 2.16. The van der Waals surface area contributed by atoms with E-state index in [0.29, 0.717) is 19.0 Å². The Kier molecular flexibility index (Phi) is 6.41. The topological polar surface area (TPSA) is 116 Å². The van der Waals surface area contributed by atoms with Gasteiger partial charge in [-0.2, -0.15) is 0 Å². The van der Waals surface area contributed by atoms with Crippen molar-refractivity contribution in [1.82, 2.24) is 15.1 Å². The average molecular weight is 300 g/mol. The summed E-state index contributed by atoms with van der Waals surface area (Å²) >= 11 is 0. The first-order valence-electron chi connectivity index (χ1n) is 7.01. The van der Waals surface area contributed by atoms with E-state index in [1.807, 2.05) is 14.1 Å². The van der Waals surface area contributed by atoms with E-state index in [2.05, 4.69) is 10.2 Å². The van der Waals surface area contributed by atoms with E-state index >= 15 is 0 Å². The van der Waals surface area contributed by atoms with Crippen LogP contribution in [0.5, 0.6) is 0 Å². The number of aliphatic carboxylic acids is 1. The number of hydrogen-bond donors (Lipinski definition) is 3. The Balaban J connectivity index is 2.45. The van der Waals surface area contributed by atoms with Gasteiger partial charge in [-0.05, 0) is 32.9 Å². The largest absolute Gasteiger partial charge is 0.480 e. The van der Waals surface area contributed by atoms with Gasteiger partial charge in [0.2, 0.25) is 5.91 Å². The van der Waals surface area contributed by atoms with E-state index in [0.717, 1.165) is 19.4 Å². The predicted molar refractivity (Wildman–Crippen MR) is 76.6 cm³/mol. The molecule has 1 rings (SSSR count). The van der Waals surface area contributed by atoms with Gasteiger partial charge in [-0.25, -0.2) is 9.59 Å². The fraction of sp³-hybridized carbons (Fsp3) is 0.769. The van der Waals surface area contributed by atoms with Crippen molar-refractivity contribution in [1.29, 1.82) is 0 Å². The quantitative estimate of drug-likeness (QED) is 0.600. The maximum Gasteiger partial charge on any atom is 0.326 e. The van der Waals surface area contributed by atoms with Crippen molar-refractivity contribution in [2.45, 2.75) is 25.3 Å². The number of piperidine rings is 1. The number of rotatable bonds is 6. The molecular weight excluding hydrogens is 276 g/mol. The second kappa shape index (κ2) is 7.82. The van der Waals surface area contributed by atoms with E-state index in [-0.39, 0.29) is 0 Å². The summed E-state index contributed by atoms with van der Waals surface area (Å²) in [5.74, 6) is -1.47. The van der Waals surface area contributed by atoms with Crippen LogP contribution in [0.2, 0.25) is 0 Å². The fourth-order valence-corrected chi connectivity index (χ4v) is 2.48. The first kappa shape index (κ1) is 17.2. The van der Waals surface area contributed by atoms with Crippen molar-refractivity contribution in [3.8, 4) is 0 Å². The van der Waals surface area contributed by atoms with E-state index in [1.165, 1.54) is 0 Å². The molecule has 1 atom stereocenters. The van der Waals surface area contributed by atoms with Gasteiger partial charge in [0.15, 0.2) is 0 Å². The Bertz CT molecular complexity index is 392. The van der Waals surface area contributed by atoms with Crippen LogP contribution >= 0.6 is 0 Å². The molecule has 3 amide bonds. The van der Waals surface area contributed by atoms with Gasteiger partial charge in [0.1, 0.15) is 6.04 Å². The van der Waals surface area contributed by atoms with Crippen molar-refractivity contribution in [3.63, 3.8) is 0 Å². The highest BCUT2D eigenvalue weighted by Crippen LogP contribution is 2.17. The van der Waals surface area contributed by atoms with Crippen LogP contribution in [0.15, 0.2) is 0 Å². The molecule has 1 saturated heterocycles. The highest BCUT2D eigenvalue weighted by Gasteiger charge is 2.27. The number of amides is 3.